The number of methoxy groups -OCH3 is 2. The van der Waals surface area contributed by atoms with E-state index in [1.54, 1.807) is 18.2 Å². The number of esters is 1. The Morgan fingerprint density at radius 3 is 2.30 bits per heavy atom. The predicted octanol–water partition coefficient (Wildman–Crippen LogP) is 1.12. The van der Waals surface area contributed by atoms with Crippen LogP contribution in [-0.4, -0.2) is 44.6 Å². The first-order valence-electron chi connectivity index (χ1n) is 9.83. The van der Waals surface area contributed by atoms with Crippen LogP contribution < -0.4 is 31.4 Å². The Bertz CT molecular complexity index is 1030. The maximum atomic E-state index is 12.2. The molecule has 0 saturated carbocycles. The number of carbonyl (C=O) groups excluding carboxylic acids is 4. The fourth-order valence-corrected chi connectivity index (χ4v) is 2.97. The van der Waals surface area contributed by atoms with Crippen LogP contribution in [0, 0.1) is 6.92 Å². The molecule has 0 spiro atoms. The summed E-state index contributed by atoms with van der Waals surface area (Å²) < 4.78 is 15.2. The molecule has 1 atom stereocenters. The zero-order valence-electron chi connectivity index (χ0n) is 18.5. The highest BCUT2D eigenvalue weighted by molar-refractivity contribution is 5.96. The number of nitrogens with one attached hydrogen (secondary N) is 3. The molecule has 0 saturated heterocycles. The molecule has 0 radical (unpaired) electrons. The van der Waals surface area contributed by atoms with Gasteiger partial charge in [-0.3, -0.25) is 25.2 Å². The van der Waals surface area contributed by atoms with Crippen molar-refractivity contribution >= 4 is 23.8 Å². The van der Waals surface area contributed by atoms with Crippen LogP contribution in [0.3, 0.4) is 0 Å². The molecule has 0 aliphatic carbocycles. The normalized spacial score (nSPS) is 11.0. The molecule has 1 unspecified atom stereocenters. The number of rotatable bonds is 9. The Morgan fingerprint density at radius 2 is 1.67 bits per heavy atom. The molecule has 0 aliphatic rings. The molecule has 2 aromatic carbocycles. The lowest BCUT2D eigenvalue weighted by atomic mass is 9.99. The van der Waals surface area contributed by atoms with Gasteiger partial charge in [0.25, 0.3) is 11.8 Å². The van der Waals surface area contributed by atoms with Crippen LogP contribution in [0.25, 0.3) is 0 Å². The standard InChI is InChI=1S/C22H26N4O7/c1-13-6-4-5-7-15(13)16(24-22(23)30)11-20(28)33-12-19(27)25-26-21(29)14-8-9-17(31-2)18(10-14)32-3/h4-10,16H,11-12H2,1-3H3,(H,25,27)(H,26,29)(H3,23,24,30). The number of carbonyl (C=O) groups is 4. The molecule has 2 aromatic rings. The van der Waals surface area contributed by atoms with Gasteiger partial charge in [-0.1, -0.05) is 24.3 Å². The second-order valence-corrected chi connectivity index (χ2v) is 6.85. The highest BCUT2D eigenvalue weighted by Gasteiger charge is 2.21. The number of hydrogen-bond donors (Lipinski definition) is 4. The first-order valence-corrected chi connectivity index (χ1v) is 9.83. The van der Waals surface area contributed by atoms with E-state index in [9.17, 15) is 19.2 Å². The van der Waals surface area contributed by atoms with Gasteiger partial charge in [0.15, 0.2) is 18.1 Å². The molecular formula is C22H26N4O7. The van der Waals surface area contributed by atoms with Gasteiger partial charge in [-0.25, -0.2) is 4.79 Å². The molecule has 0 aromatic heterocycles. The van der Waals surface area contributed by atoms with Crippen LogP contribution in [0.2, 0.25) is 0 Å². The van der Waals surface area contributed by atoms with Crippen molar-refractivity contribution in [3.05, 3.63) is 59.2 Å². The van der Waals surface area contributed by atoms with E-state index in [2.05, 4.69) is 16.2 Å². The first-order chi connectivity index (χ1) is 15.7. The smallest absolute Gasteiger partial charge is 0.312 e. The van der Waals surface area contributed by atoms with E-state index in [4.69, 9.17) is 19.9 Å². The lowest BCUT2D eigenvalue weighted by Crippen LogP contribution is -2.43. The summed E-state index contributed by atoms with van der Waals surface area (Å²) in [5, 5.41) is 2.49. The van der Waals surface area contributed by atoms with Crippen molar-refractivity contribution in [2.24, 2.45) is 5.73 Å². The summed E-state index contributed by atoms with van der Waals surface area (Å²) in [6.07, 6.45) is -0.237. The van der Waals surface area contributed by atoms with Crippen molar-refractivity contribution < 1.29 is 33.4 Å². The average Bonchev–Trinajstić information content (AvgIpc) is 2.80. The van der Waals surface area contributed by atoms with Crippen LogP contribution >= 0.6 is 0 Å². The number of aryl methyl sites for hydroxylation is 1. The second kappa shape index (κ2) is 11.9. The summed E-state index contributed by atoms with van der Waals surface area (Å²) in [7, 11) is 2.89. The zero-order chi connectivity index (χ0) is 24.4. The van der Waals surface area contributed by atoms with E-state index in [-0.39, 0.29) is 12.0 Å². The minimum Gasteiger partial charge on any atom is -0.493 e. The molecule has 0 heterocycles. The molecule has 11 heteroatoms. The Morgan fingerprint density at radius 1 is 0.970 bits per heavy atom. The van der Waals surface area contributed by atoms with Gasteiger partial charge >= 0.3 is 12.0 Å². The van der Waals surface area contributed by atoms with E-state index in [1.807, 2.05) is 19.1 Å². The van der Waals surface area contributed by atoms with Gasteiger partial charge in [0.1, 0.15) is 0 Å². The van der Waals surface area contributed by atoms with Gasteiger partial charge in [0.05, 0.1) is 26.7 Å². The number of ether oxygens (including phenoxy) is 3. The molecule has 0 aliphatic heterocycles. The molecule has 2 rings (SSSR count). The molecule has 5 N–H and O–H groups in total. The highest BCUT2D eigenvalue weighted by atomic mass is 16.5. The Kier molecular flexibility index (Phi) is 9.04. The number of hydrazine groups is 1. The number of primary amides is 1. The Balaban J connectivity index is 1.87. The van der Waals surface area contributed by atoms with E-state index >= 15 is 0 Å². The molecular weight excluding hydrogens is 432 g/mol. The van der Waals surface area contributed by atoms with Crippen molar-refractivity contribution in [1.82, 2.24) is 16.2 Å². The maximum Gasteiger partial charge on any atom is 0.312 e. The molecule has 4 amide bonds. The van der Waals surface area contributed by atoms with Crippen molar-refractivity contribution in [1.29, 1.82) is 0 Å². The lowest BCUT2D eigenvalue weighted by Gasteiger charge is -2.19. The van der Waals surface area contributed by atoms with Gasteiger partial charge in [-0.2, -0.15) is 0 Å². The summed E-state index contributed by atoms with van der Waals surface area (Å²) in [5.74, 6) is -1.32. The van der Waals surface area contributed by atoms with E-state index in [1.165, 1.54) is 26.4 Å². The highest BCUT2D eigenvalue weighted by Crippen LogP contribution is 2.27. The number of benzene rings is 2. The van der Waals surface area contributed by atoms with Gasteiger partial charge in [-0.05, 0) is 36.2 Å². The van der Waals surface area contributed by atoms with Gasteiger partial charge in [0.2, 0.25) is 0 Å². The fraction of sp³-hybridized carbons (Fsp3) is 0.273. The largest absolute Gasteiger partial charge is 0.493 e. The zero-order valence-corrected chi connectivity index (χ0v) is 18.5. The van der Waals surface area contributed by atoms with Crippen LogP contribution in [0.4, 0.5) is 4.79 Å². The summed E-state index contributed by atoms with van der Waals surface area (Å²) in [6, 6.07) is 10.1. The number of nitrogens with two attached hydrogens (primary N) is 1. The van der Waals surface area contributed by atoms with Crippen molar-refractivity contribution in [3.63, 3.8) is 0 Å². The average molecular weight is 458 g/mol. The SMILES string of the molecule is COc1ccc(C(=O)NNC(=O)COC(=O)CC(NC(N)=O)c2ccccc2C)cc1OC. The maximum absolute atomic E-state index is 12.2. The van der Waals surface area contributed by atoms with Crippen LogP contribution in [-0.2, 0) is 14.3 Å². The minimum absolute atomic E-state index is 0.212. The van der Waals surface area contributed by atoms with Crippen molar-refractivity contribution in [2.75, 3.05) is 20.8 Å². The van der Waals surface area contributed by atoms with Gasteiger partial charge in [0, 0.05) is 5.56 Å². The Labute approximate surface area is 190 Å². The summed E-state index contributed by atoms with van der Waals surface area (Å²) in [5.41, 5.74) is 11.3. The van der Waals surface area contributed by atoms with E-state index < -0.39 is 36.5 Å². The number of urea groups is 1. The molecule has 11 nitrogen and oxygen atoms in total. The monoisotopic (exact) mass is 458 g/mol. The van der Waals surface area contributed by atoms with Gasteiger partial charge in [-0.15, -0.1) is 0 Å². The van der Waals surface area contributed by atoms with Crippen LogP contribution in [0.15, 0.2) is 42.5 Å². The second-order valence-electron chi connectivity index (χ2n) is 6.85. The third-order valence-electron chi connectivity index (χ3n) is 4.58. The quantitative estimate of drug-likeness (QED) is 0.324. The number of hydrogen-bond acceptors (Lipinski definition) is 7. The summed E-state index contributed by atoms with van der Waals surface area (Å²) >= 11 is 0. The van der Waals surface area contributed by atoms with Crippen LogP contribution in [0.1, 0.15) is 33.9 Å². The summed E-state index contributed by atoms with van der Waals surface area (Å²) in [6.45, 7) is 1.19. The van der Waals surface area contributed by atoms with Crippen molar-refractivity contribution in [2.45, 2.75) is 19.4 Å². The van der Waals surface area contributed by atoms with Crippen LogP contribution in [0.5, 0.6) is 11.5 Å². The topological polar surface area (TPSA) is 158 Å². The van der Waals surface area contributed by atoms with Crippen molar-refractivity contribution in [3.8, 4) is 11.5 Å². The number of amides is 4. The Hall–Kier alpha value is -4.28. The van der Waals surface area contributed by atoms with E-state index in [0.29, 0.717) is 17.1 Å². The molecule has 0 fully saturated rings. The van der Waals surface area contributed by atoms with E-state index in [0.717, 1.165) is 5.56 Å². The lowest BCUT2D eigenvalue weighted by molar-refractivity contribution is -0.149. The third-order valence-corrected chi connectivity index (χ3v) is 4.58. The molecule has 176 valence electrons. The first kappa shape index (κ1) is 25.0. The molecule has 0 bridgehead atoms. The minimum atomic E-state index is -0.799. The predicted molar refractivity (Wildman–Crippen MR) is 117 cm³/mol. The fourth-order valence-electron chi connectivity index (χ4n) is 2.97. The molecule has 33 heavy (non-hydrogen) atoms. The third kappa shape index (κ3) is 7.42. The summed E-state index contributed by atoms with van der Waals surface area (Å²) in [4.78, 5) is 47.7. The van der Waals surface area contributed by atoms with Gasteiger partial charge < -0.3 is 25.3 Å².